The Morgan fingerprint density at radius 2 is 2.15 bits per heavy atom. The first-order chi connectivity index (χ1) is 9.69. The first-order valence-corrected chi connectivity index (χ1v) is 7.83. The molecule has 0 saturated heterocycles. The van der Waals surface area contributed by atoms with E-state index in [2.05, 4.69) is 40.1 Å². The molecule has 0 atom stereocenters. The van der Waals surface area contributed by atoms with E-state index in [1.165, 1.54) is 4.88 Å². The van der Waals surface area contributed by atoms with Gasteiger partial charge in [0.15, 0.2) is 0 Å². The summed E-state index contributed by atoms with van der Waals surface area (Å²) in [7, 11) is 1.83. The number of nitrogens with one attached hydrogen (secondary N) is 1. The van der Waals surface area contributed by atoms with E-state index in [1.807, 2.05) is 7.05 Å². The minimum atomic E-state index is 0.132. The van der Waals surface area contributed by atoms with Crippen molar-refractivity contribution in [2.45, 2.75) is 26.7 Å². The highest BCUT2D eigenvalue weighted by Crippen LogP contribution is 2.31. The topological polar surface area (TPSA) is 61.3 Å². The Morgan fingerprint density at radius 3 is 2.80 bits per heavy atom. The second-order valence-electron chi connectivity index (χ2n) is 4.76. The van der Waals surface area contributed by atoms with E-state index in [9.17, 15) is 5.11 Å². The van der Waals surface area contributed by atoms with Gasteiger partial charge in [0.1, 0.15) is 10.6 Å². The zero-order valence-corrected chi connectivity index (χ0v) is 13.1. The summed E-state index contributed by atoms with van der Waals surface area (Å²) in [4.78, 5) is 13.5. The predicted octanol–water partition coefficient (Wildman–Crippen LogP) is 2.64. The Bertz CT molecular complexity index is 570. The molecular formula is C14H22N4OS. The van der Waals surface area contributed by atoms with Crippen molar-refractivity contribution in [2.24, 2.45) is 0 Å². The zero-order valence-electron chi connectivity index (χ0n) is 12.3. The molecule has 110 valence electrons. The van der Waals surface area contributed by atoms with Crippen molar-refractivity contribution < 1.29 is 5.11 Å². The highest BCUT2D eigenvalue weighted by atomic mass is 32.1. The second kappa shape index (κ2) is 6.85. The van der Waals surface area contributed by atoms with Gasteiger partial charge in [-0.2, -0.15) is 4.98 Å². The van der Waals surface area contributed by atoms with Crippen LogP contribution in [0.1, 0.15) is 24.6 Å². The smallest absolute Gasteiger partial charge is 0.225 e. The monoisotopic (exact) mass is 294 g/mol. The lowest BCUT2D eigenvalue weighted by Crippen LogP contribution is -2.29. The number of aromatic nitrogens is 2. The van der Waals surface area contributed by atoms with E-state index in [-0.39, 0.29) is 6.61 Å². The molecule has 2 rings (SSSR count). The number of aliphatic hydroxyl groups is 1. The Hall–Kier alpha value is -1.40. The van der Waals surface area contributed by atoms with Gasteiger partial charge >= 0.3 is 0 Å². The molecule has 2 heterocycles. The molecule has 0 fully saturated rings. The molecule has 0 bridgehead atoms. The zero-order chi connectivity index (χ0) is 14.5. The quantitative estimate of drug-likeness (QED) is 0.822. The number of thiophene rings is 1. The summed E-state index contributed by atoms with van der Waals surface area (Å²) in [6.45, 7) is 5.89. The number of aryl methyl sites for hydroxylation is 1. The van der Waals surface area contributed by atoms with Crippen molar-refractivity contribution >= 4 is 33.3 Å². The summed E-state index contributed by atoms with van der Waals surface area (Å²) in [5.74, 6) is 1.56. The molecule has 0 unspecified atom stereocenters. The van der Waals surface area contributed by atoms with E-state index in [0.717, 1.165) is 35.4 Å². The Balaban J connectivity index is 2.47. The summed E-state index contributed by atoms with van der Waals surface area (Å²) in [6.07, 6.45) is 2.21. The van der Waals surface area contributed by atoms with Gasteiger partial charge in [-0.25, -0.2) is 4.98 Å². The largest absolute Gasteiger partial charge is 0.395 e. The molecule has 5 nitrogen and oxygen atoms in total. The fourth-order valence-corrected chi connectivity index (χ4v) is 3.05. The fourth-order valence-electron chi connectivity index (χ4n) is 2.17. The third-order valence-electron chi connectivity index (χ3n) is 3.17. The first-order valence-electron chi connectivity index (χ1n) is 7.01. The minimum Gasteiger partial charge on any atom is -0.395 e. The fraction of sp³-hybridized carbons (Fsp3) is 0.571. The van der Waals surface area contributed by atoms with Gasteiger partial charge < -0.3 is 15.3 Å². The van der Waals surface area contributed by atoms with Gasteiger partial charge in [-0.15, -0.1) is 11.3 Å². The average Bonchev–Trinajstić information content (AvgIpc) is 2.82. The molecule has 0 aromatic carbocycles. The standard InChI is InChI=1S/C14H22N4OS/c1-4-5-6-18(7-8-19)12-11-9-10(2)20-13(11)17-14(15-3)16-12/h9,19H,4-8H2,1-3H3,(H,15,16,17). The third-order valence-corrected chi connectivity index (χ3v) is 4.11. The second-order valence-corrected chi connectivity index (χ2v) is 6.00. The number of unbranched alkanes of at least 4 members (excludes halogenated alkanes) is 1. The molecule has 2 aromatic heterocycles. The van der Waals surface area contributed by atoms with Crippen LogP contribution in [-0.4, -0.2) is 41.8 Å². The SMILES string of the molecule is CCCCN(CCO)c1nc(NC)nc2sc(C)cc12. The summed E-state index contributed by atoms with van der Waals surface area (Å²) in [5.41, 5.74) is 0. The summed E-state index contributed by atoms with van der Waals surface area (Å²) in [5, 5.41) is 13.4. The van der Waals surface area contributed by atoms with Crippen LogP contribution in [0.4, 0.5) is 11.8 Å². The Morgan fingerprint density at radius 1 is 1.35 bits per heavy atom. The van der Waals surface area contributed by atoms with Crippen LogP contribution in [-0.2, 0) is 0 Å². The maximum absolute atomic E-state index is 9.30. The van der Waals surface area contributed by atoms with Gasteiger partial charge in [-0.1, -0.05) is 13.3 Å². The van der Waals surface area contributed by atoms with Gasteiger partial charge in [-0.3, -0.25) is 0 Å². The summed E-state index contributed by atoms with van der Waals surface area (Å²) in [6, 6.07) is 2.13. The predicted molar refractivity (Wildman–Crippen MR) is 85.9 cm³/mol. The van der Waals surface area contributed by atoms with Crippen LogP contribution in [0.2, 0.25) is 0 Å². The molecule has 0 saturated carbocycles. The number of fused-ring (bicyclic) bond motifs is 1. The normalized spacial score (nSPS) is 11.0. The lowest BCUT2D eigenvalue weighted by Gasteiger charge is -2.23. The Kier molecular flexibility index (Phi) is 5.14. The molecule has 0 spiro atoms. The lowest BCUT2D eigenvalue weighted by atomic mass is 10.2. The molecule has 20 heavy (non-hydrogen) atoms. The molecule has 0 aliphatic heterocycles. The molecule has 6 heteroatoms. The highest BCUT2D eigenvalue weighted by Gasteiger charge is 2.15. The van der Waals surface area contributed by atoms with Crippen LogP contribution in [0.5, 0.6) is 0 Å². The summed E-state index contributed by atoms with van der Waals surface area (Å²) < 4.78 is 0. The van der Waals surface area contributed by atoms with Gasteiger partial charge in [0.25, 0.3) is 0 Å². The van der Waals surface area contributed by atoms with E-state index in [1.54, 1.807) is 11.3 Å². The maximum atomic E-state index is 9.30. The molecule has 0 radical (unpaired) electrons. The van der Waals surface area contributed by atoms with Crippen molar-refractivity contribution in [2.75, 3.05) is 37.0 Å². The molecule has 2 N–H and O–H groups in total. The van der Waals surface area contributed by atoms with E-state index < -0.39 is 0 Å². The van der Waals surface area contributed by atoms with Gasteiger partial charge in [-0.05, 0) is 19.4 Å². The number of hydrogen-bond donors (Lipinski definition) is 2. The van der Waals surface area contributed by atoms with Crippen molar-refractivity contribution in [3.8, 4) is 0 Å². The van der Waals surface area contributed by atoms with Crippen molar-refractivity contribution in [3.63, 3.8) is 0 Å². The number of hydrogen-bond acceptors (Lipinski definition) is 6. The summed E-state index contributed by atoms with van der Waals surface area (Å²) >= 11 is 1.67. The Labute approximate surface area is 123 Å². The third kappa shape index (κ3) is 3.19. The van der Waals surface area contributed by atoms with Crippen molar-refractivity contribution in [1.29, 1.82) is 0 Å². The molecule has 0 aliphatic rings. The van der Waals surface area contributed by atoms with E-state index in [0.29, 0.717) is 12.5 Å². The van der Waals surface area contributed by atoms with Crippen LogP contribution in [0.15, 0.2) is 6.07 Å². The molecule has 0 aliphatic carbocycles. The first kappa shape index (κ1) is 15.0. The lowest BCUT2D eigenvalue weighted by molar-refractivity contribution is 0.301. The van der Waals surface area contributed by atoms with Crippen LogP contribution in [0.25, 0.3) is 10.2 Å². The van der Waals surface area contributed by atoms with Crippen LogP contribution < -0.4 is 10.2 Å². The van der Waals surface area contributed by atoms with Crippen LogP contribution >= 0.6 is 11.3 Å². The van der Waals surface area contributed by atoms with Crippen LogP contribution in [0, 0.1) is 6.92 Å². The molecular weight excluding hydrogens is 272 g/mol. The number of aliphatic hydroxyl groups excluding tert-OH is 1. The molecule has 0 amide bonds. The van der Waals surface area contributed by atoms with Gasteiger partial charge in [0, 0.05) is 25.0 Å². The minimum absolute atomic E-state index is 0.132. The van der Waals surface area contributed by atoms with Crippen LogP contribution in [0.3, 0.4) is 0 Å². The van der Waals surface area contributed by atoms with Crippen molar-refractivity contribution in [3.05, 3.63) is 10.9 Å². The number of rotatable bonds is 7. The number of nitrogens with zero attached hydrogens (tertiary/aromatic N) is 3. The number of anilines is 2. The van der Waals surface area contributed by atoms with Gasteiger partial charge in [0.2, 0.25) is 5.95 Å². The molecule has 2 aromatic rings. The maximum Gasteiger partial charge on any atom is 0.225 e. The van der Waals surface area contributed by atoms with Gasteiger partial charge in [0.05, 0.1) is 12.0 Å². The van der Waals surface area contributed by atoms with E-state index >= 15 is 0 Å². The average molecular weight is 294 g/mol. The highest BCUT2D eigenvalue weighted by molar-refractivity contribution is 7.18. The van der Waals surface area contributed by atoms with E-state index in [4.69, 9.17) is 0 Å². The van der Waals surface area contributed by atoms with Crippen molar-refractivity contribution in [1.82, 2.24) is 9.97 Å².